The molecule has 3 nitrogen and oxygen atoms in total. The predicted octanol–water partition coefficient (Wildman–Crippen LogP) is 1.56. The van der Waals surface area contributed by atoms with Crippen LogP contribution in [-0.4, -0.2) is 43.4 Å². The van der Waals surface area contributed by atoms with Gasteiger partial charge in [0.05, 0.1) is 6.61 Å². The summed E-state index contributed by atoms with van der Waals surface area (Å²) >= 11 is 1.74. The van der Waals surface area contributed by atoms with Gasteiger partial charge in [0.2, 0.25) is 0 Å². The summed E-state index contributed by atoms with van der Waals surface area (Å²) in [7, 11) is 1.77. The zero-order valence-electron chi connectivity index (χ0n) is 10.7. The standard InChI is InChI=1S/C14H19NO2S/c1-17-10-13-4-5-15(8-13)9-14-7-12(11-18-14)3-2-6-16/h7,11,13,16H,4-6,8-10H2,1H3. The maximum absolute atomic E-state index is 8.65. The van der Waals surface area contributed by atoms with E-state index in [0.29, 0.717) is 5.92 Å². The number of hydrogen-bond acceptors (Lipinski definition) is 4. The van der Waals surface area contributed by atoms with Gasteiger partial charge in [0.25, 0.3) is 0 Å². The molecule has 0 amide bonds. The van der Waals surface area contributed by atoms with E-state index in [-0.39, 0.29) is 6.61 Å². The van der Waals surface area contributed by atoms with Crippen molar-refractivity contribution in [2.75, 3.05) is 33.4 Å². The van der Waals surface area contributed by atoms with Crippen molar-refractivity contribution in [3.8, 4) is 11.8 Å². The summed E-state index contributed by atoms with van der Waals surface area (Å²) in [6, 6.07) is 2.12. The second-order valence-electron chi connectivity index (χ2n) is 4.61. The Morgan fingerprint density at radius 2 is 2.50 bits per heavy atom. The van der Waals surface area contributed by atoms with E-state index in [9.17, 15) is 0 Å². The average molecular weight is 265 g/mol. The first-order chi connectivity index (χ1) is 8.81. The number of methoxy groups -OCH3 is 1. The first-order valence-corrected chi connectivity index (χ1v) is 7.08. The third kappa shape index (κ3) is 3.82. The minimum absolute atomic E-state index is 0.0734. The summed E-state index contributed by atoms with van der Waals surface area (Å²) < 4.78 is 5.21. The van der Waals surface area contributed by atoms with E-state index >= 15 is 0 Å². The van der Waals surface area contributed by atoms with Crippen LogP contribution in [0.15, 0.2) is 11.4 Å². The molecule has 1 atom stereocenters. The summed E-state index contributed by atoms with van der Waals surface area (Å²) in [5.74, 6) is 6.30. The van der Waals surface area contributed by atoms with E-state index in [1.54, 1.807) is 18.4 Å². The highest BCUT2D eigenvalue weighted by Crippen LogP contribution is 2.22. The van der Waals surface area contributed by atoms with E-state index < -0.39 is 0 Å². The molecule has 1 aliphatic heterocycles. The molecule has 1 N–H and O–H groups in total. The molecule has 2 heterocycles. The van der Waals surface area contributed by atoms with Gasteiger partial charge in [0.1, 0.15) is 6.61 Å². The van der Waals surface area contributed by atoms with Crippen molar-refractivity contribution < 1.29 is 9.84 Å². The molecule has 0 radical (unpaired) electrons. The van der Waals surface area contributed by atoms with Crippen molar-refractivity contribution in [3.63, 3.8) is 0 Å². The lowest BCUT2D eigenvalue weighted by Crippen LogP contribution is -2.20. The maximum Gasteiger partial charge on any atom is 0.104 e. The van der Waals surface area contributed by atoms with Gasteiger partial charge in [0, 0.05) is 36.0 Å². The van der Waals surface area contributed by atoms with Crippen molar-refractivity contribution in [1.29, 1.82) is 0 Å². The van der Waals surface area contributed by atoms with E-state index in [4.69, 9.17) is 9.84 Å². The Hall–Kier alpha value is -0.860. The van der Waals surface area contributed by atoms with Gasteiger partial charge in [-0.05, 0) is 24.9 Å². The highest BCUT2D eigenvalue weighted by molar-refractivity contribution is 7.10. The van der Waals surface area contributed by atoms with Gasteiger partial charge in [-0.2, -0.15) is 0 Å². The van der Waals surface area contributed by atoms with Gasteiger partial charge in [-0.25, -0.2) is 0 Å². The van der Waals surface area contributed by atoms with Gasteiger partial charge < -0.3 is 9.84 Å². The smallest absolute Gasteiger partial charge is 0.104 e. The zero-order chi connectivity index (χ0) is 12.8. The Bertz CT molecular complexity index is 432. The fraction of sp³-hybridized carbons (Fsp3) is 0.571. The Morgan fingerprint density at radius 3 is 3.28 bits per heavy atom. The van der Waals surface area contributed by atoms with Crippen LogP contribution in [0.1, 0.15) is 16.9 Å². The summed E-state index contributed by atoms with van der Waals surface area (Å²) in [6.07, 6.45) is 1.23. The van der Waals surface area contributed by atoms with Crippen LogP contribution in [0, 0.1) is 17.8 Å². The number of nitrogens with zero attached hydrogens (tertiary/aromatic N) is 1. The monoisotopic (exact) mass is 265 g/mol. The number of likely N-dealkylation sites (tertiary alicyclic amines) is 1. The molecule has 1 aromatic heterocycles. The molecule has 0 spiro atoms. The lowest BCUT2D eigenvalue weighted by atomic mass is 10.1. The van der Waals surface area contributed by atoms with E-state index in [1.165, 1.54) is 11.3 Å². The zero-order valence-corrected chi connectivity index (χ0v) is 11.5. The fourth-order valence-corrected chi connectivity index (χ4v) is 3.18. The molecular formula is C14H19NO2S. The van der Waals surface area contributed by atoms with Gasteiger partial charge in [-0.1, -0.05) is 11.8 Å². The van der Waals surface area contributed by atoms with E-state index in [0.717, 1.165) is 31.8 Å². The molecule has 0 saturated carbocycles. The molecule has 4 heteroatoms. The first-order valence-electron chi connectivity index (χ1n) is 6.20. The number of hydrogen-bond donors (Lipinski definition) is 1. The number of rotatable bonds is 4. The Labute approximate surface area is 112 Å². The predicted molar refractivity (Wildman–Crippen MR) is 73.5 cm³/mol. The first kappa shape index (κ1) is 13.6. The third-order valence-electron chi connectivity index (χ3n) is 3.12. The number of thiophene rings is 1. The van der Waals surface area contributed by atoms with Crippen LogP contribution in [0.3, 0.4) is 0 Å². The Balaban J connectivity index is 1.85. The summed E-state index contributed by atoms with van der Waals surface area (Å²) in [6.45, 7) is 4.09. The molecular weight excluding hydrogens is 246 g/mol. The fourth-order valence-electron chi connectivity index (χ4n) is 2.32. The molecule has 1 unspecified atom stereocenters. The Kier molecular flexibility index (Phi) is 5.21. The molecule has 1 aromatic rings. The molecule has 0 aromatic carbocycles. The van der Waals surface area contributed by atoms with Gasteiger partial charge >= 0.3 is 0 Å². The SMILES string of the molecule is COCC1CCN(Cc2cc(C#CCO)cs2)C1. The normalized spacial score (nSPS) is 19.8. The van der Waals surface area contributed by atoms with Crippen LogP contribution >= 0.6 is 11.3 Å². The summed E-state index contributed by atoms with van der Waals surface area (Å²) in [5, 5.41) is 10.7. The van der Waals surface area contributed by atoms with Crippen LogP contribution in [0.4, 0.5) is 0 Å². The van der Waals surface area contributed by atoms with E-state index in [1.807, 2.05) is 0 Å². The van der Waals surface area contributed by atoms with Crippen LogP contribution in [0.25, 0.3) is 0 Å². The summed E-state index contributed by atoms with van der Waals surface area (Å²) in [5.41, 5.74) is 1.01. The molecule has 1 fully saturated rings. The van der Waals surface area contributed by atoms with Gasteiger partial charge in [-0.15, -0.1) is 11.3 Å². The van der Waals surface area contributed by atoms with Crippen molar-refractivity contribution in [3.05, 3.63) is 21.9 Å². The summed E-state index contributed by atoms with van der Waals surface area (Å²) in [4.78, 5) is 3.81. The molecule has 1 saturated heterocycles. The minimum Gasteiger partial charge on any atom is -0.384 e. The van der Waals surface area contributed by atoms with Crippen molar-refractivity contribution >= 4 is 11.3 Å². The topological polar surface area (TPSA) is 32.7 Å². The lowest BCUT2D eigenvalue weighted by molar-refractivity contribution is 0.153. The second kappa shape index (κ2) is 6.91. The molecule has 18 heavy (non-hydrogen) atoms. The molecule has 0 bridgehead atoms. The molecule has 2 rings (SSSR count). The van der Waals surface area contributed by atoms with Gasteiger partial charge in [0.15, 0.2) is 0 Å². The Morgan fingerprint density at radius 1 is 1.61 bits per heavy atom. The van der Waals surface area contributed by atoms with E-state index in [2.05, 4.69) is 28.2 Å². The van der Waals surface area contributed by atoms with Crippen LogP contribution in [-0.2, 0) is 11.3 Å². The molecule has 1 aliphatic rings. The second-order valence-corrected chi connectivity index (χ2v) is 5.60. The quantitative estimate of drug-likeness (QED) is 0.839. The largest absolute Gasteiger partial charge is 0.384 e. The lowest BCUT2D eigenvalue weighted by Gasteiger charge is -2.14. The number of ether oxygens (including phenoxy) is 1. The highest BCUT2D eigenvalue weighted by atomic mass is 32.1. The number of aliphatic hydroxyl groups is 1. The third-order valence-corrected chi connectivity index (χ3v) is 4.04. The molecule has 98 valence electrons. The highest BCUT2D eigenvalue weighted by Gasteiger charge is 2.22. The average Bonchev–Trinajstić information content (AvgIpc) is 2.98. The maximum atomic E-state index is 8.65. The molecule has 0 aliphatic carbocycles. The van der Waals surface area contributed by atoms with Crippen molar-refractivity contribution in [2.45, 2.75) is 13.0 Å². The van der Waals surface area contributed by atoms with Crippen LogP contribution in [0.2, 0.25) is 0 Å². The minimum atomic E-state index is -0.0734. The van der Waals surface area contributed by atoms with Crippen molar-refractivity contribution in [1.82, 2.24) is 4.90 Å². The number of aliphatic hydroxyl groups excluding tert-OH is 1. The van der Waals surface area contributed by atoms with Crippen LogP contribution < -0.4 is 0 Å². The van der Waals surface area contributed by atoms with Crippen LogP contribution in [0.5, 0.6) is 0 Å². The van der Waals surface area contributed by atoms with Crippen molar-refractivity contribution in [2.24, 2.45) is 5.92 Å². The van der Waals surface area contributed by atoms with Gasteiger partial charge in [-0.3, -0.25) is 4.90 Å².